The standard InChI is InChI=1S/C24H25N5O3/c1-29(2)16-8-6-14(7-9-16)18-12-17(21-23(25)26-13-27-24(21)28-18)15-10-19(30-3)22(32-5)20(11-15)31-4/h6-13H,1-5H3,(H2,25,26,27,28). The maximum absolute atomic E-state index is 6.25. The zero-order valence-electron chi connectivity index (χ0n) is 18.7. The third-order valence-corrected chi connectivity index (χ3v) is 5.29. The number of nitrogen functional groups attached to an aromatic ring is 1. The van der Waals surface area contributed by atoms with Crippen molar-refractivity contribution in [1.82, 2.24) is 15.0 Å². The first-order chi connectivity index (χ1) is 15.5. The molecule has 2 heterocycles. The van der Waals surface area contributed by atoms with Gasteiger partial charge in [0.05, 0.1) is 32.4 Å². The lowest BCUT2D eigenvalue weighted by Crippen LogP contribution is -2.08. The zero-order chi connectivity index (χ0) is 22.8. The lowest BCUT2D eigenvalue weighted by atomic mass is 9.98. The van der Waals surface area contributed by atoms with E-state index in [0.717, 1.165) is 28.1 Å². The molecule has 0 unspecified atom stereocenters. The molecule has 4 aromatic rings. The summed E-state index contributed by atoms with van der Waals surface area (Å²) in [6.45, 7) is 0. The fourth-order valence-electron chi connectivity index (χ4n) is 3.63. The molecule has 0 saturated carbocycles. The molecule has 4 rings (SSSR count). The lowest BCUT2D eigenvalue weighted by Gasteiger charge is -2.16. The summed E-state index contributed by atoms with van der Waals surface area (Å²) in [6, 6.07) is 13.9. The van der Waals surface area contributed by atoms with Crippen molar-refractivity contribution in [2.45, 2.75) is 0 Å². The van der Waals surface area contributed by atoms with Crippen LogP contribution in [0.2, 0.25) is 0 Å². The van der Waals surface area contributed by atoms with E-state index in [1.165, 1.54) is 6.33 Å². The van der Waals surface area contributed by atoms with Crippen LogP contribution in [0.25, 0.3) is 33.4 Å². The Labute approximate surface area is 186 Å². The lowest BCUT2D eigenvalue weighted by molar-refractivity contribution is 0.324. The molecule has 0 spiro atoms. The van der Waals surface area contributed by atoms with Gasteiger partial charge >= 0.3 is 0 Å². The van der Waals surface area contributed by atoms with Crippen LogP contribution in [0.3, 0.4) is 0 Å². The maximum Gasteiger partial charge on any atom is 0.203 e. The molecule has 2 aromatic heterocycles. The molecule has 0 aliphatic rings. The molecule has 8 heteroatoms. The largest absolute Gasteiger partial charge is 0.493 e. The summed E-state index contributed by atoms with van der Waals surface area (Å²) in [5.74, 6) is 1.94. The second kappa shape index (κ2) is 8.58. The molecule has 32 heavy (non-hydrogen) atoms. The number of fused-ring (bicyclic) bond motifs is 1. The Hall–Kier alpha value is -4.07. The van der Waals surface area contributed by atoms with Crippen molar-refractivity contribution in [2.24, 2.45) is 0 Å². The van der Waals surface area contributed by atoms with E-state index < -0.39 is 0 Å². The molecule has 0 amide bonds. The molecule has 0 bridgehead atoms. The summed E-state index contributed by atoms with van der Waals surface area (Å²) >= 11 is 0. The average Bonchev–Trinajstić information content (AvgIpc) is 2.82. The zero-order valence-corrected chi connectivity index (χ0v) is 18.7. The first-order valence-electron chi connectivity index (χ1n) is 9.96. The number of hydrogen-bond acceptors (Lipinski definition) is 8. The highest BCUT2D eigenvalue weighted by molar-refractivity contribution is 6.01. The van der Waals surface area contributed by atoms with E-state index >= 15 is 0 Å². The fourth-order valence-corrected chi connectivity index (χ4v) is 3.63. The number of rotatable bonds is 6. The third-order valence-electron chi connectivity index (χ3n) is 5.29. The van der Waals surface area contributed by atoms with Crippen molar-refractivity contribution in [1.29, 1.82) is 0 Å². The topological polar surface area (TPSA) is 95.6 Å². The second-order valence-corrected chi connectivity index (χ2v) is 7.37. The number of methoxy groups -OCH3 is 3. The summed E-state index contributed by atoms with van der Waals surface area (Å²) in [6.07, 6.45) is 1.42. The minimum Gasteiger partial charge on any atom is -0.493 e. The van der Waals surface area contributed by atoms with E-state index in [4.69, 9.17) is 24.9 Å². The maximum atomic E-state index is 6.25. The van der Waals surface area contributed by atoms with E-state index in [9.17, 15) is 0 Å². The van der Waals surface area contributed by atoms with Gasteiger partial charge < -0.3 is 24.8 Å². The van der Waals surface area contributed by atoms with Gasteiger partial charge in [0, 0.05) is 25.3 Å². The monoisotopic (exact) mass is 431 g/mol. The number of aromatic nitrogens is 3. The molecule has 0 atom stereocenters. The van der Waals surface area contributed by atoms with Crippen LogP contribution >= 0.6 is 0 Å². The van der Waals surface area contributed by atoms with Gasteiger partial charge in [0.2, 0.25) is 5.75 Å². The van der Waals surface area contributed by atoms with Crippen molar-refractivity contribution in [3.8, 4) is 39.6 Å². The molecule has 0 aliphatic carbocycles. The molecule has 8 nitrogen and oxygen atoms in total. The number of pyridine rings is 1. The molecule has 0 fully saturated rings. The average molecular weight is 431 g/mol. The van der Waals surface area contributed by atoms with Gasteiger partial charge in [-0.05, 0) is 41.5 Å². The Balaban J connectivity index is 1.98. The van der Waals surface area contributed by atoms with Gasteiger partial charge in [-0.25, -0.2) is 15.0 Å². The fraction of sp³-hybridized carbons (Fsp3) is 0.208. The molecular formula is C24H25N5O3. The van der Waals surface area contributed by atoms with E-state index in [-0.39, 0.29) is 0 Å². The highest BCUT2D eigenvalue weighted by atomic mass is 16.5. The van der Waals surface area contributed by atoms with Crippen LogP contribution in [0, 0.1) is 0 Å². The number of hydrogen-bond donors (Lipinski definition) is 1. The van der Waals surface area contributed by atoms with Gasteiger partial charge in [-0.3, -0.25) is 0 Å². The molecule has 0 radical (unpaired) electrons. The number of nitrogens with zero attached hydrogens (tertiary/aromatic N) is 4. The highest BCUT2D eigenvalue weighted by Crippen LogP contribution is 2.43. The molecule has 2 aromatic carbocycles. The van der Waals surface area contributed by atoms with Gasteiger partial charge in [-0.1, -0.05) is 12.1 Å². The van der Waals surface area contributed by atoms with E-state index in [1.807, 2.05) is 49.3 Å². The Bertz CT molecular complexity index is 1250. The Morgan fingerprint density at radius 3 is 2.03 bits per heavy atom. The van der Waals surface area contributed by atoms with E-state index in [2.05, 4.69) is 22.1 Å². The van der Waals surface area contributed by atoms with E-state index in [0.29, 0.717) is 34.1 Å². The summed E-state index contributed by atoms with van der Waals surface area (Å²) < 4.78 is 16.6. The normalized spacial score (nSPS) is 10.8. The van der Waals surface area contributed by atoms with Crippen molar-refractivity contribution in [3.63, 3.8) is 0 Å². The van der Waals surface area contributed by atoms with Crippen LogP contribution < -0.4 is 24.8 Å². The number of ether oxygens (including phenoxy) is 3. The van der Waals surface area contributed by atoms with Crippen LogP contribution in [-0.2, 0) is 0 Å². The van der Waals surface area contributed by atoms with Crippen LogP contribution in [0.1, 0.15) is 0 Å². The third kappa shape index (κ3) is 3.71. The van der Waals surface area contributed by atoms with Crippen molar-refractivity contribution >= 4 is 22.5 Å². The highest BCUT2D eigenvalue weighted by Gasteiger charge is 2.19. The van der Waals surface area contributed by atoms with Crippen LogP contribution in [0.4, 0.5) is 11.5 Å². The summed E-state index contributed by atoms with van der Waals surface area (Å²) in [7, 11) is 8.75. The predicted octanol–water partition coefficient (Wildman–Crippen LogP) is 4.03. The molecular weight excluding hydrogens is 406 g/mol. The number of nitrogens with two attached hydrogens (primary N) is 1. The number of anilines is 2. The Kier molecular flexibility index (Phi) is 5.68. The molecule has 164 valence electrons. The van der Waals surface area contributed by atoms with Crippen LogP contribution in [0.5, 0.6) is 17.2 Å². The molecule has 2 N–H and O–H groups in total. The van der Waals surface area contributed by atoms with Gasteiger partial charge in [0.1, 0.15) is 12.1 Å². The minimum absolute atomic E-state index is 0.348. The predicted molar refractivity (Wildman–Crippen MR) is 127 cm³/mol. The Morgan fingerprint density at radius 1 is 0.812 bits per heavy atom. The first kappa shape index (κ1) is 21.2. The minimum atomic E-state index is 0.348. The summed E-state index contributed by atoms with van der Waals surface area (Å²) in [4.78, 5) is 15.4. The summed E-state index contributed by atoms with van der Waals surface area (Å²) in [5, 5.41) is 0.662. The molecule has 0 saturated heterocycles. The van der Waals surface area contributed by atoms with Crippen LogP contribution in [0.15, 0.2) is 48.8 Å². The van der Waals surface area contributed by atoms with Gasteiger partial charge in [-0.2, -0.15) is 0 Å². The summed E-state index contributed by atoms with van der Waals surface area (Å²) in [5.41, 5.74) is 11.2. The smallest absolute Gasteiger partial charge is 0.203 e. The van der Waals surface area contributed by atoms with Crippen molar-refractivity contribution in [3.05, 3.63) is 48.8 Å². The second-order valence-electron chi connectivity index (χ2n) is 7.37. The van der Waals surface area contributed by atoms with Gasteiger partial charge in [0.25, 0.3) is 0 Å². The number of benzene rings is 2. The van der Waals surface area contributed by atoms with E-state index in [1.54, 1.807) is 21.3 Å². The van der Waals surface area contributed by atoms with Crippen molar-refractivity contribution < 1.29 is 14.2 Å². The quantitative estimate of drug-likeness (QED) is 0.489. The Morgan fingerprint density at radius 2 is 1.47 bits per heavy atom. The van der Waals surface area contributed by atoms with Gasteiger partial charge in [-0.15, -0.1) is 0 Å². The van der Waals surface area contributed by atoms with Crippen molar-refractivity contribution in [2.75, 3.05) is 46.1 Å². The first-order valence-corrected chi connectivity index (χ1v) is 9.96. The van der Waals surface area contributed by atoms with Gasteiger partial charge in [0.15, 0.2) is 17.1 Å². The van der Waals surface area contributed by atoms with Crippen LogP contribution in [-0.4, -0.2) is 50.4 Å². The SMILES string of the molecule is COc1cc(-c2cc(-c3ccc(N(C)C)cc3)nc3ncnc(N)c23)cc(OC)c1OC. The molecule has 0 aliphatic heterocycles.